The number of para-hydroxylation sites is 2. The lowest BCUT2D eigenvalue weighted by Gasteiger charge is -2.14. The van der Waals surface area contributed by atoms with Crippen molar-refractivity contribution in [2.45, 2.75) is 0 Å². The third-order valence-electron chi connectivity index (χ3n) is 7.64. The monoisotopic (exact) mass is 501 g/mol. The van der Waals surface area contributed by atoms with Crippen molar-refractivity contribution in [2.24, 2.45) is 0 Å². The van der Waals surface area contributed by atoms with E-state index in [2.05, 4.69) is 144 Å². The van der Waals surface area contributed by atoms with Gasteiger partial charge in [0.15, 0.2) is 0 Å². The average Bonchev–Trinajstić information content (AvgIpc) is 3.38. The van der Waals surface area contributed by atoms with E-state index < -0.39 is 0 Å². The summed E-state index contributed by atoms with van der Waals surface area (Å²) in [5, 5.41) is 10.1. The van der Waals surface area contributed by atoms with Crippen LogP contribution in [0.3, 0.4) is 0 Å². The Labute approximate surface area is 224 Å². The summed E-state index contributed by atoms with van der Waals surface area (Å²) in [7, 11) is 0. The maximum Gasteiger partial charge on any atom is 0.0640 e. The Kier molecular flexibility index (Phi) is 4.76. The van der Waals surface area contributed by atoms with Crippen LogP contribution in [0.2, 0.25) is 0 Å². The molecule has 0 atom stereocenters. The molecule has 0 amide bonds. The van der Waals surface area contributed by atoms with Crippen LogP contribution < -0.4 is 0 Å². The van der Waals surface area contributed by atoms with Gasteiger partial charge in [0.2, 0.25) is 0 Å². The number of thiophene rings is 1. The van der Waals surface area contributed by atoms with Gasteiger partial charge < -0.3 is 4.57 Å². The normalized spacial score (nSPS) is 11.7. The van der Waals surface area contributed by atoms with E-state index in [-0.39, 0.29) is 0 Å². The summed E-state index contributed by atoms with van der Waals surface area (Å²) in [4.78, 5) is 0. The van der Waals surface area contributed by atoms with Crippen LogP contribution in [0.5, 0.6) is 0 Å². The summed E-state index contributed by atoms with van der Waals surface area (Å²) >= 11 is 1.88. The number of hydrogen-bond donors (Lipinski definition) is 0. The van der Waals surface area contributed by atoms with E-state index >= 15 is 0 Å². The smallest absolute Gasteiger partial charge is 0.0640 e. The molecule has 1 nitrogen and oxygen atoms in total. The van der Waals surface area contributed by atoms with Crippen molar-refractivity contribution >= 4 is 74.9 Å². The third-order valence-corrected chi connectivity index (χ3v) is 8.85. The van der Waals surface area contributed by atoms with E-state index in [0.29, 0.717) is 0 Å². The maximum absolute atomic E-state index is 2.49. The topological polar surface area (TPSA) is 4.93 Å². The molecule has 2 heterocycles. The Hall–Kier alpha value is -4.66. The lowest BCUT2D eigenvalue weighted by atomic mass is 10.0. The van der Waals surface area contributed by atoms with Crippen LogP contribution in [0, 0.1) is 0 Å². The molecular weight excluding hydrogens is 478 g/mol. The summed E-state index contributed by atoms with van der Waals surface area (Å²) < 4.78 is 5.11. The van der Waals surface area contributed by atoms with E-state index in [4.69, 9.17) is 0 Å². The Morgan fingerprint density at radius 3 is 1.34 bits per heavy atom. The van der Waals surface area contributed by atoms with Crippen molar-refractivity contribution in [3.05, 3.63) is 140 Å². The van der Waals surface area contributed by atoms with Crippen molar-refractivity contribution in [3.8, 4) is 5.69 Å². The van der Waals surface area contributed by atoms with Crippen LogP contribution >= 0.6 is 11.3 Å². The van der Waals surface area contributed by atoms with Gasteiger partial charge in [-0.3, -0.25) is 0 Å². The largest absolute Gasteiger partial charge is 0.308 e. The molecule has 178 valence electrons. The van der Waals surface area contributed by atoms with Crippen LogP contribution in [0.15, 0.2) is 140 Å². The van der Waals surface area contributed by atoms with Crippen LogP contribution in [-0.2, 0) is 0 Å². The second kappa shape index (κ2) is 8.44. The highest BCUT2D eigenvalue weighted by Crippen LogP contribution is 2.40. The highest BCUT2D eigenvalue weighted by atomic mass is 32.1. The van der Waals surface area contributed by atoms with Gasteiger partial charge in [0.05, 0.1) is 21.4 Å². The lowest BCUT2D eigenvalue weighted by molar-refractivity contribution is 1.19. The fraction of sp³-hybridized carbons (Fsp3) is 0. The molecule has 6 aromatic carbocycles. The molecule has 0 saturated carbocycles. The quantitative estimate of drug-likeness (QED) is 0.211. The predicted molar refractivity (Wildman–Crippen MR) is 166 cm³/mol. The van der Waals surface area contributed by atoms with Crippen LogP contribution in [0.1, 0.15) is 0 Å². The van der Waals surface area contributed by atoms with Crippen LogP contribution in [-0.4, -0.2) is 4.57 Å². The summed E-state index contributed by atoms with van der Waals surface area (Å²) in [5.41, 5.74) is 3.58. The molecule has 0 radical (unpaired) electrons. The molecule has 2 heteroatoms. The highest BCUT2D eigenvalue weighted by Gasteiger charge is 2.14. The first kappa shape index (κ1) is 21.4. The molecule has 0 aliphatic carbocycles. The van der Waals surface area contributed by atoms with E-state index in [1.807, 2.05) is 11.3 Å². The first-order chi connectivity index (χ1) is 18.9. The number of hydrogen-bond acceptors (Lipinski definition) is 1. The summed E-state index contributed by atoms with van der Waals surface area (Å²) in [5.74, 6) is 0. The van der Waals surface area contributed by atoms with E-state index in [9.17, 15) is 0 Å². The molecule has 0 fully saturated rings. The highest BCUT2D eigenvalue weighted by molar-refractivity contribution is 7.26. The second-order valence-corrected chi connectivity index (χ2v) is 10.8. The van der Waals surface area contributed by atoms with Gasteiger partial charge in [-0.2, -0.15) is 0 Å². The zero-order valence-electron chi connectivity index (χ0n) is 20.6. The average molecular weight is 502 g/mol. The van der Waals surface area contributed by atoms with Gasteiger partial charge in [-0.05, 0) is 45.8 Å². The van der Waals surface area contributed by atoms with Gasteiger partial charge in [0.1, 0.15) is 0 Å². The summed E-state index contributed by atoms with van der Waals surface area (Å²) in [6.07, 6.45) is 0. The fourth-order valence-electron chi connectivity index (χ4n) is 6.00. The van der Waals surface area contributed by atoms with Crippen molar-refractivity contribution < 1.29 is 0 Å². The zero-order valence-corrected chi connectivity index (χ0v) is 21.5. The SMILES string of the molecule is c1ccc2c(c1)sc1c(-n3c4ccccc4c4ccccc4c4ccccc4c4ccccc43)cccc12. The van der Waals surface area contributed by atoms with Crippen LogP contribution in [0.4, 0.5) is 0 Å². The predicted octanol–water partition coefficient (Wildman–Crippen LogP) is 10.6. The summed E-state index contributed by atoms with van der Waals surface area (Å²) in [6.45, 7) is 0. The fourth-order valence-corrected chi connectivity index (χ4v) is 7.20. The van der Waals surface area contributed by atoms with Gasteiger partial charge in [-0.1, -0.05) is 115 Å². The van der Waals surface area contributed by atoms with E-state index in [0.717, 1.165) is 0 Å². The molecule has 0 unspecified atom stereocenters. The molecule has 8 rings (SSSR count). The van der Waals surface area contributed by atoms with Crippen molar-refractivity contribution in [3.63, 3.8) is 0 Å². The van der Waals surface area contributed by atoms with E-state index in [1.54, 1.807) is 0 Å². The van der Waals surface area contributed by atoms with Gasteiger partial charge in [-0.25, -0.2) is 0 Å². The van der Waals surface area contributed by atoms with Gasteiger partial charge in [0.25, 0.3) is 0 Å². The van der Waals surface area contributed by atoms with Crippen molar-refractivity contribution in [1.82, 2.24) is 4.57 Å². The number of benzene rings is 6. The standard InChI is InChI=1S/C36H23NS/c1-3-14-26-24(12-1)25-13-2-4-15-27(25)29-17-6-9-21-33(29)37(32-20-8-5-16-28(26)32)34-22-11-19-31-30-18-7-10-23-35(30)38-36(31)34/h1-23H. The summed E-state index contributed by atoms with van der Waals surface area (Å²) in [6, 6.07) is 50.8. The number of rotatable bonds is 1. The molecule has 38 heavy (non-hydrogen) atoms. The molecular formula is C36H23NS. The molecule has 8 aromatic rings. The number of nitrogens with zero attached hydrogens (tertiary/aromatic N) is 1. The van der Waals surface area contributed by atoms with E-state index in [1.165, 1.54) is 69.2 Å². The number of aromatic nitrogens is 1. The molecule has 0 aliphatic rings. The minimum atomic E-state index is 1.19. The van der Waals surface area contributed by atoms with Crippen molar-refractivity contribution in [1.29, 1.82) is 0 Å². The second-order valence-electron chi connectivity index (χ2n) is 9.71. The van der Waals surface area contributed by atoms with Gasteiger partial charge in [-0.15, -0.1) is 11.3 Å². The molecule has 0 spiro atoms. The minimum absolute atomic E-state index is 1.19. The maximum atomic E-state index is 2.49. The zero-order chi connectivity index (χ0) is 25.1. The number of fused-ring (bicyclic) bond motifs is 10. The minimum Gasteiger partial charge on any atom is -0.308 e. The molecule has 2 aromatic heterocycles. The Balaban J connectivity index is 1.74. The van der Waals surface area contributed by atoms with Gasteiger partial charge in [0, 0.05) is 26.2 Å². The molecule has 0 aliphatic heterocycles. The van der Waals surface area contributed by atoms with Crippen LogP contribution in [0.25, 0.3) is 69.2 Å². The molecule has 0 N–H and O–H groups in total. The Bertz CT molecular complexity index is 2140. The Morgan fingerprint density at radius 1 is 0.342 bits per heavy atom. The van der Waals surface area contributed by atoms with Crippen molar-refractivity contribution in [2.75, 3.05) is 0 Å². The molecule has 0 saturated heterocycles. The first-order valence-electron chi connectivity index (χ1n) is 13.0. The third kappa shape index (κ3) is 3.11. The Morgan fingerprint density at radius 2 is 0.763 bits per heavy atom. The first-order valence-corrected chi connectivity index (χ1v) is 13.8. The van der Waals surface area contributed by atoms with Gasteiger partial charge >= 0.3 is 0 Å². The lowest BCUT2D eigenvalue weighted by Crippen LogP contribution is -1.98. The molecule has 0 bridgehead atoms.